The monoisotopic (exact) mass is 681 g/mol. The first-order chi connectivity index (χ1) is 26.2. The summed E-state index contributed by atoms with van der Waals surface area (Å²) in [4.78, 5) is 15.9. The first-order valence-corrected chi connectivity index (χ1v) is 18.1. The van der Waals surface area contributed by atoms with Crippen LogP contribution in [0, 0.1) is 0 Å². The van der Waals surface area contributed by atoms with E-state index in [2.05, 4.69) is 134 Å². The molecule has 0 spiro atoms. The number of benzene rings is 7. The molecule has 0 saturated heterocycles. The molecule has 11 rings (SSSR count). The minimum Gasteiger partial charge on any atom is -0.456 e. The quantitative estimate of drug-likeness (QED) is 0.185. The smallest absolute Gasteiger partial charge is 0.165 e. The maximum atomic E-state index is 6.62. The van der Waals surface area contributed by atoms with E-state index >= 15 is 0 Å². The van der Waals surface area contributed by atoms with E-state index in [4.69, 9.17) is 23.8 Å². The number of furan rings is 2. The van der Waals surface area contributed by atoms with E-state index in [1.54, 1.807) is 0 Å². The fourth-order valence-corrected chi connectivity index (χ4v) is 8.14. The molecule has 1 aliphatic carbocycles. The number of aromatic nitrogens is 3. The van der Waals surface area contributed by atoms with Gasteiger partial charge in [0, 0.05) is 43.8 Å². The van der Waals surface area contributed by atoms with Crippen LogP contribution in [0.4, 0.5) is 0 Å². The van der Waals surface area contributed by atoms with Crippen molar-refractivity contribution in [3.63, 3.8) is 0 Å². The highest BCUT2D eigenvalue weighted by Crippen LogP contribution is 2.45. The van der Waals surface area contributed by atoms with Crippen molar-refractivity contribution >= 4 is 60.7 Å². The summed E-state index contributed by atoms with van der Waals surface area (Å²) >= 11 is 0. The number of fused-ring (bicyclic) bond motifs is 8. The molecule has 0 radical (unpaired) electrons. The van der Waals surface area contributed by atoms with Crippen molar-refractivity contribution in [2.24, 2.45) is 0 Å². The van der Waals surface area contributed by atoms with Gasteiger partial charge in [0.25, 0.3) is 0 Å². The Morgan fingerprint density at radius 3 is 2.09 bits per heavy atom. The molecule has 0 amide bonds. The van der Waals surface area contributed by atoms with Gasteiger partial charge in [-0.1, -0.05) is 122 Å². The molecule has 5 heteroatoms. The van der Waals surface area contributed by atoms with Gasteiger partial charge in [0.05, 0.1) is 0 Å². The molecule has 0 aliphatic heterocycles. The zero-order valence-corrected chi connectivity index (χ0v) is 28.9. The fraction of sp³-hybridized carbons (Fsp3) is 0.0625. The SMILES string of the molecule is CC1CC=Cc2cc(-c3nc(-c4ccc5ccccc5c4)nc(-c4c(-c5cccc6c5oc5ccccc56)ccc5oc6ccccc6c45)n3)ccc21. The fourth-order valence-electron chi connectivity index (χ4n) is 8.14. The molecule has 0 bridgehead atoms. The standard InChI is InChI=1S/C48H31N3O2/c1-28-10-8-13-31-27-33(22-23-34(28)31)47-49-46(32-21-20-29-11-2-3-12-30(29)26-32)50-48(51-47)44-36(24-25-42-43(44)39-15-5-7-19-41(39)52-42)38-17-9-16-37-35-14-4-6-18-40(35)53-45(37)38/h2-9,11-28H,10H2,1H3. The molecule has 250 valence electrons. The molecule has 1 unspecified atom stereocenters. The number of allylic oxidation sites excluding steroid dienone is 1. The van der Waals surface area contributed by atoms with Crippen molar-refractivity contribution in [3.05, 3.63) is 157 Å². The van der Waals surface area contributed by atoms with Crippen molar-refractivity contribution in [2.45, 2.75) is 19.3 Å². The largest absolute Gasteiger partial charge is 0.456 e. The predicted octanol–water partition coefficient (Wildman–Crippen LogP) is 13.0. The van der Waals surface area contributed by atoms with Crippen LogP contribution in [0.3, 0.4) is 0 Å². The summed E-state index contributed by atoms with van der Waals surface area (Å²) < 4.78 is 13.1. The number of hydrogen-bond acceptors (Lipinski definition) is 5. The van der Waals surface area contributed by atoms with Gasteiger partial charge >= 0.3 is 0 Å². The van der Waals surface area contributed by atoms with Gasteiger partial charge in [-0.3, -0.25) is 0 Å². The van der Waals surface area contributed by atoms with Crippen molar-refractivity contribution in [3.8, 4) is 45.3 Å². The highest BCUT2D eigenvalue weighted by atomic mass is 16.3. The molecule has 3 heterocycles. The van der Waals surface area contributed by atoms with Crippen LogP contribution in [0.25, 0.3) is 106 Å². The molecule has 3 aromatic heterocycles. The Morgan fingerprint density at radius 1 is 0.528 bits per heavy atom. The molecular formula is C48H31N3O2. The first-order valence-electron chi connectivity index (χ1n) is 18.1. The van der Waals surface area contributed by atoms with Gasteiger partial charge < -0.3 is 8.83 Å². The lowest BCUT2D eigenvalue weighted by atomic mass is 9.87. The van der Waals surface area contributed by atoms with Crippen LogP contribution < -0.4 is 0 Å². The van der Waals surface area contributed by atoms with E-state index in [9.17, 15) is 0 Å². The van der Waals surface area contributed by atoms with Crippen molar-refractivity contribution in [1.29, 1.82) is 0 Å². The Kier molecular flexibility index (Phi) is 6.52. The van der Waals surface area contributed by atoms with Gasteiger partial charge in [0.15, 0.2) is 17.5 Å². The summed E-state index contributed by atoms with van der Waals surface area (Å²) in [6.07, 6.45) is 5.51. The maximum Gasteiger partial charge on any atom is 0.165 e. The third-order valence-electron chi connectivity index (χ3n) is 10.8. The van der Waals surface area contributed by atoms with Gasteiger partial charge in [0.2, 0.25) is 0 Å². The van der Waals surface area contributed by atoms with Crippen LogP contribution in [0.2, 0.25) is 0 Å². The number of rotatable bonds is 4. The van der Waals surface area contributed by atoms with Crippen molar-refractivity contribution < 1.29 is 8.83 Å². The average molecular weight is 682 g/mol. The van der Waals surface area contributed by atoms with Gasteiger partial charge in [0.1, 0.15) is 22.3 Å². The van der Waals surface area contributed by atoms with Crippen LogP contribution in [0.1, 0.15) is 30.4 Å². The Balaban J connectivity index is 1.24. The van der Waals surface area contributed by atoms with Crippen molar-refractivity contribution in [1.82, 2.24) is 15.0 Å². The number of nitrogens with zero attached hydrogens (tertiary/aromatic N) is 3. The van der Waals surface area contributed by atoms with E-state index in [0.29, 0.717) is 23.4 Å². The topological polar surface area (TPSA) is 65.0 Å². The number of para-hydroxylation sites is 3. The maximum absolute atomic E-state index is 6.62. The third-order valence-corrected chi connectivity index (χ3v) is 10.8. The summed E-state index contributed by atoms with van der Waals surface area (Å²) in [6, 6.07) is 48.3. The molecule has 0 N–H and O–H groups in total. The summed E-state index contributed by atoms with van der Waals surface area (Å²) in [5.41, 5.74) is 10.4. The molecular weight excluding hydrogens is 651 g/mol. The highest BCUT2D eigenvalue weighted by molar-refractivity contribution is 6.18. The highest BCUT2D eigenvalue weighted by Gasteiger charge is 2.24. The van der Waals surface area contributed by atoms with Crippen LogP contribution >= 0.6 is 0 Å². The molecule has 5 nitrogen and oxygen atoms in total. The van der Waals surface area contributed by atoms with Crippen LogP contribution in [-0.4, -0.2) is 15.0 Å². The normalized spacial score (nSPS) is 14.2. The van der Waals surface area contributed by atoms with Gasteiger partial charge in [-0.15, -0.1) is 0 Å². The van der Waals surface area contributed by atoms with Gasteiger partial charge in [-0.25, -0.2) is 15.0 Å². The number of hydrogen-bond donors (Lipinski definition) is 0. The Labute approximate surface area is 304 Å². The molecule has 53 heavy (non-hydrogen) atoms. The van der Waals surface area contributed by atoms with Gasteiger partial charge in [-0.2, -0.15) is 0 Å². The second-order valence-electron chi connectivity index (χ2n) is 14.0. The second-order valence-corrected chi connectivity index (χ2v) is 14.0. The zero-order chi connectivity index (χ0) is 35.0. The molecule has 1 atom stereocenters. The summed E-state index contributed by atoms with van der Waals surface area (Å²) in [7, 11) is 0. The predicted molar refractivity (Wildman–Crippen MR) is 216 cm³/mol. The van der Waals surface area contributed by atoms with Crippen molar-refractivity contribution in [2.75, 3.05) is 0 Å². The molecule has 7 aromatic carbocycles. The first kappa shape index (κ1) is 29.8. The Bertz CT molecular complexity index is 3130. The Hall–Kier alpha value is -6.85. The van der Waals surface area contributed by atoms with E-state index in [1.165, 1.54) is 11.1 Å². The Morgan fingerprint density at radius 2 is 1.23 bits per heavy atom. The van der Waals surface area contributed by atoms with E-state index < -0.39 is 0 Å². The minimum atomic E-state index is 0.460. The minimum absolute atomic E-state index is 0.460. The van der Waals surface area contributed by atoms with Crippen LogP contribution in [-0.2, 0) is 0 Å². The van der Waals surface area contributed by atoms with E-state index in [-0.39, 0.29) is 0 Å². The third kappa shape index (κ3) is 4.74. The molecule has 0 fully saturated rings. The van der Waals surface area contributed by atoms with Crippen LogP contribution in [0.15, 0.2) is 154 Å². The molecule has 10 aromatic rings. The second kappa shape index (κ2) is 11.6. The van der Waals surface area contributed by atoms with E-state index in [0.717, 1.165) is 88.9 Å². The van der Waals surface area contributed by atoms with Crippen LogP contribution in [0.5, 0.6) is 0 Å². The summed E-state index contributed by atoms with van der Waals surface area (Å²) in [5, 5.41) is 6.38. The average Bonchev–Trinajstić information content (AvgIpc) is 3.79. The molecule has 1 aliphatic rings. The summed E-state index contributed by atoms with van der Waals surface area (Å²) in [6.45, 7) is 2.28. The lowest BCUT2D eigenvalue weighted by Gasteiger charge is -2.18. The lowest BCUT2D eigenvalue weighted by molar-refractivity contribution is 0.668. The summed E-state index contributed by atoms with van der Waals surface area (Å²) in [5.74, 6) is 2.25. The zero-order valence-electron chi connectivity index (χ0n) is 28.9. The molecule has 0 saturated carbocycles. The lowest BCUT2D eigenvalue weighted by Crippen LogP contribution is -2.03. The van der Waals surface area contributed by atoms with Gasteiger partial charge in [-0.05, 0) is 76.2 Å². The van der Waals surface area contributed by atoms with E-state index in [1.807, 2.05) is 24.3 Å².